The Hall–Kier alpha value is -1.68. The Morgan fingerprint density at radius 2 is 1.90 bits per heavy atom. The Labute approximate surface area is 133 Å². The van der Waals surface area contributed by atoms with E-state index in [1.165, 1.54) is 11.1 Å². The minimum absolute atomic E-state index is 0.0619. The molecule has 2 unspecified atom stereocenters. The second-order valence-corrected chi connectivity index (χ2v) is 6.14. The smallest absolute Gasteiger partial charge is 0.133 e. The lowest BCUT2D eigenvalue weighted by atomic mass is 9.92. The molecule has 2 aromatic rings. The fourth-order valence-corrected chi connectivity index (χ4v) is 3.23. The molecule has 0 spiro atoms. The van der Waals surface area contributed by atoms with Crippen LogP contribution in [0.5, 0.6) is 5.75 Å². The Morgan fingerprint density at radius 3 is 2.62 bits per heavy atom. The maximum atomic E-state index is 5.44. The summed E-state index contributed by atoms with van der Waals surface area (Å²) in [5.41, 5.74) is 3.60. The number of azo groups is 1. The molecule has 0 aliphatic carbocycles. The van der Waals surface area contributed by atoms with Gasteiger partial charge in [0.1, 0.15) is 11.8 Å². The molecular formula is C17H17BrN2O. The fourth-order valence-electron chi connectivity index (χ4n) is 2.68. The maximum absolute atomic E-state index is 5.44. The lowest BCUT2D eigenvalue weighted by molar-refractivity contribution is 0.411. The fraction of sp³-hybridized carbons (Fsp3) is 0.294. The maximum Gasteiger partial charge on any atom is 0.133 e. The standard InChI is InChI=1S/C17H17BrN2O/c1-11-8-13-9-15(18)16(21-2)10-14(13)17(20-19-11)12-6-4-3-5-7-12/h3-7,9-11,17H,8H2,1-2H3. The zero-order valence-electron chi connectivity index (χ0n) is 12.1. The van der Waals surface area contributed by atoms with Gasteiger partial charge in [-0.15, -0.1) is 0 Å². The van der Waals surface area contributed by atoms with Crippen LogP contribution in [-0.4, -0.2) is 13.2 Å². The summed E-state index contributed by atoms with van der Waals surface area (Å²) in [4.78, 5) is 0. The first-order valence-corrected chi connectivity index (χ1v) is 7.79. The van der Waals surface area contributed by atoms with Crippen LogP contribution in [0.1, 0.15) is 29.7 Å². The van der Waals surface area contributed by atoms with Crippen molar-refractivity contribution in [3.05, 3.63) is 63.6 Å². The molecule has 2 atom stereocenters. The minimum Gasteiger partial charge on any atom is -0.496 e. The van der Waals surface area contributed by atoms with Gasteiger partial charge in [0, 0.05) is 0 Å². The quantitative estimate of drug-likeness (QED) is 0.759. The predicted octanol–water partition coefficient (Wildman–Crippen LogP) is 4.94. The van der Waals surface area contributed by atoms with E-state index in [1.807, 2.05) is 18.2 Å². The molecule has 108 valence electrons. The lowest BCUT2D eigenvalue weighted by Gasteiger charge is -2.16. The van der Waals surface area contributed by atoms with Crippen LogP contribution in [0.4, 0.5) is 0 Å². The van der Waals surface area contributed by atoms with Crippen molar-refractivity contribution in [3.8, 4) is 5.75 Å². The van der Waals surface area contributed by atoms with E-state index in [4.69, 9.17) is 4.74 Å². The first-order valence-electron chi connectivity index (χ1n) is 7.00. The highest BCUT2D eigenvalue weighted by molar-refractivity contribution is 9.10. The van der Waals surface area contributed by atoms with Crippen molar-refractivity contribution in [2.75, 3.05) is 7.11 Å². The zero-order chi connectivity index (χ0) is 14.8. The number of rotatable bonds is 2. The average Bonchev–Trinajstić information content (AvgIpc) is 2.65. The molecule has 1 aliphatic heterocycles. The van der Waals surface area contributed by atoms with E-state index in [-0.39, 0.29) is 12.1 Å². The molecular weight excluding hydrogens is 328 g/mol. The van der Waals surface area contributed by atoms with E-state index >= 15 is 0 Å². The van der Waals surface area contributed by atoms with Crippen molar-refractivity contribution in [1.82, 2.24) is 0 Å². The highest BCUT2D eigenvalue weighted by Gasteiger charge is 2.23. The summed E-state index contributed by atoms with van der Waals surface area (Å²) in [6.45, 7) is 2.10. The summed E-state index contributed by atoms with van der Waals surface area (Å²) in [6, 6.07) is 14.6. The van der Waals surface area contributed by atoms with Crippen LogP contribution in [0.15, 0.2) is 57.2 Å². The van der Waals surface area contributed by atoms with Gasteiger partial charge in [-0.2, -0.15) is 10.2 Å². The molecule has 3 rings (SSSR count). The number of hydrogen-bond acceptors (Lipinski definition) is 3. The van der Waals surface area contributed by atoms with E-state index in [1.54, 1.807) is 7.11 Å². The molecule has 0 N–H and O–H groups in total. The molecule has 2 aromatic carbocycles. The van der Waals surface area contributed by atoms with E-state index in [0.717, 1.165) is 22.2 Å². The van der Waals surface area contributed by atoms with Gasteiger partial charge in [-0.3, -0.25) is 0 Å². The topological polar surface area (TPSA) is 34.0 Å². The summed E-state index contributed by atoms with van der Waals surface area (Å²) in [5.74, 6) is 0.833. The van der Waals surface area contributed by atoms with Crippen molar-refractivity contribution in [3.63, 3.8) is 0 Å². The van der Waals surface area contributed by atoms with Gasteiger partial charge in [-0.25, -0.2) is 0 Å². The van der Waals surface area contributed by atoms with Gasteiger partial charge in [-0.1, -0.05) is 30.3 Å². The van der Waals surface area contributed by atoms with Crippen LogP contribution in [-0.2, 0) is 6.42 Å². The number of methoxy groups -OCH3 is 1. The van der Waals surface area contributed by atoms with Crippen LogP contribution < -0.4 is 4.74 Å². The minimum atomic E-state index is -0.0619. The zero-order valence-corrected chi connectivity index (χ0v) is 13.7. The van der Waals surface area contributed by atoms with Crippen LogP contribution in [0.2, 0.25) is 0 Å². The number of benzene rings is 2. The monoisotopic (exact) mass is 344 g/mol. The molecule has 0 aromatic heterocycles. The molecule has 3 nitrogen and oxygen atoms in total. The largest absolute Gasteiger partial charge is 0.496 e. The molecule has 4 heteroatoms. The van der Waals surface area contributed by atoms with E-state index in [9.17, 15) is 0 Å². The van der Waals surface area contributed by atoms with Crippen LogP contribution in [0, 0.1) is 0 Å². The molecule has 1 aliphatic rings. The summed E-state index contributed by atoms with van der Waals surface area (Å²) < 4.78 is 6.42. The van der Waals surface area contributed by atoms with Gasteiger partial charge >= 0.3 is 0 Å². The van der Waals surface area contributed by atoms with Gasteiger partial charge in [0.05, 0.1) is 17.6 Å². The predicted molar refractivity (Wildman–Crippen MR) is 87.0 cm³/mol. The van der Waals surface area contributed by atoms with Crippen molar-refractivity contribution >= 4 is 15.9 Å². The second-order valence-electron chi connectivity index (χ2n) is 5.28. The Balaban J connectivity index is 2.16. The molecule has 0 radical (unpaired) electrons. The van der Waals surface area contributed by atoms with E-state index < -0.39 is 0 Å². The van der Waals surface area contributed by atoms with Gasteiger partial charge in [0.15, 0.2) is 0 Å². The van der Waals surface area contributed by atoms with E-state index in [0.29, 0.717) is 0 Å². The Bertz CT molecular complexity index is 670. The van der Waals surface area contributed by atoms with Crippen molar-refractivity contribution in [2.24, 2.45) is 10.2 Å². The summed E-state index contributed by atoms with van der Waals surface area (Å²) >= 11 is 3.57. The SMILES string of the molecule is COc1cc2c(cc1Br)CC(C)N=NC2c1ccccc1. The third-order valence-electron chi connectivity index (χ3n) is 3.72. The average molecular weight is 345 g/mol. The molecule has 0 bridgehead atoms. The lowest BCUT2D eigenvalue weighted by Crippen LogP contribution is -2.05. The summed E-state index contributed by atoms with van der Waals surface area (Å²) in [5, 5.41) is 9.03. The van der Waals surface area contributed by atoms with Gasteiger partial charge in [-0.05, 0) is 58.1 Å². The Kier molecular flexibility index (Phi) is 4.06. The van der Waals surface area contributed by atoms with E-state index in [2.05, 4.69) is 57.3 Å². The molecule has 1 heterocycles. The number of halogens is 1. The number of fused-ring (bicyclic) bond motifs is 1. The van der Waals surface area contributed by atoms with Gasteiger partial charge < -0.3 is 4.74 Å². The molecule has 0 saturated carbocycles. The summed E-state index contributed by atoms with van der Waals surface area (Å²) in [7, 11) is 1.69. The second kappa shape index (κ2) is 5.98. The summed E-state index contributed by atoms with van der Waals surface area (Å²) in [6.07, 6.45) is 0.894. The Morgan fingerprint density at radius 1 is 1.14 bits per heavy atom. The third-order valence-corrected chi connectivity index (χ3v) is 4.34. The number of nitrogens with zero attached hydrogens (tertiary/aromatic N) is 2. The highest BCUT2D eigenvalue weighted by Crippen LogP contribution is 2.38. The van der Waals surface area contributed by atoms with Crippen LogP contribution in [0.25, 0.3) is 0 Å². The first kappa shape index (κ1) is 14.3. The molecule has 0 amide bonds. The van der Waals surface area contributed by atoms with Crippen molar-refractivity contribution in [2.45, 2.75) is 25.4 Å². The van der Waals surface area contributed by atoms with Gasteiger partial charge in [0.2, 0.25) is 0 Å². The molecule has 0 saturated heterocycles. The first-order chi connectivity index (χ1) is 10.2. The normalized spacial score (nSPS) is 20.7. The third kappa shape index (κ3) is 2.86. The van der Waals surface area contributed by atoms with Crippen molar-refractivity contribution < 1.29 is 4.74 Å². The van der Waals surface area contributed by atoms with Gasteiger partial charge in [0.25, 0.3) is 0 Å². The number of hydrogen-bond donors (Lipinski definition) is 0. The van der Waals surface area contributed by atoms with Crippen LogP contribution >= 0.6 is 15.9 Å². The molecule has 21 heavy (non-hydrogen) atoms. The van der Waals surface area contributed by atoms with Crippen molar-refractivity contribution in [1.29, 1.82) is 0 Å². The number of ether oxygens (including phenoxy) is 1. The van der Waals surface area contributed by atoms with Crippen LogP contribution in [0.3, 0.4) is 0 Å². The highest BCUT2D eigenvalue weighted by atomic mass is 79.9. The molecule has 0 fully saturated rings.